The van der Waals surface area contributed by atoms with E-state index in [1.54, 1.807) is 0 Å². The molecule has 3 aromatic rings. The topological polar surface area (TPSA) is 37.4 Å². The maximum Gasteiger partial charge on any atom is 0.195 e. The normalized spacial score (nSPS) is 22.6. The Kier molecular flexibility index (Phi) is 4.17. The first kappa shape index (κ1) is 17.6. The van der Waals surface area contributed by atoms with Gasteiger partial charge in [-0.3, -0.25) is 4.79 Å². The van der Waals surface area contributed by atoms with Crippen molar-refractivity contribution in [1.82, 2.24) is 0 Å². The van der Waals surface area contributed by atoms with E-state index in [9.17, 15) is 9.59 Å². The molecule has 0 N–H and O–H groups in total. The molecule has 3 heteroatoms. The summed E-state index contributed by atoms with van der Waals surface area (Å²) in [5.74, 6) is 0.110. The van der Waals surface area contributed by atoms with Crippen LogP contribution in [0.5, 0.6) is 0 Å². The second-order valence-corrected chi connectivity index (χ2v) is 7.59. The lowest BCUT2D eigenvalue weighted by Crippen LogP contribution is -2.55. The van der Waals surface area contributed by atoms with Gasteiger partial charge >= 0.3 is 0 Å². The summed E-state index contributed by atoms with van der Waals surface area (Å²) in [4.78, 5) is 27.7. The van der Waals surface area contributed by atoms with E-state index in [0.29, 0.717) is 12.8 Å². The molecule has 2 aliphatic heterocycles. The average Bonchev–Trinajstić information content (AvgIpc) is 3.05. The number of para-hydroxylation sites is 1. The van der Waals surface area contributed by atoms with E-state index in [0.717, 1.165) is 34.2 Å². The lowest BCUT2D eigenvalue weighted by Gasteiger charge is -2.47. The standard InChI is InChI=1S/C26H21NO2/c28-18-16-24-21(19-9-3-1-4-10-19)15-17-26(20-11-5-2-6-12-20)25(29)22-13-7-8-14-23(22)27(24)26/h1-15,18,24H,16-17H2/t24-,26-/m1/s1. The average molecular weight is 379 g/mol. The summed E-state index contributed by atoms with van der Waals surface area (Å²) in [6.07, 6.45) is 4.03. The third kappa shape index (κ3) is 2.51. The fraction of sp³-hybridized carbons (Fsp3) is 0.154. The number of hydrogen-bond donors (Lipinski definition) is 0. The second-order valence-electron chi connectivity index (χ2n) is 7.59. The Labute approximate surface area is 170 Å². The molecule has 3 nitrogen and oxygen atoms in total. The van der Waals surface area contributed by atoms with Crippen LogP contribution < -0.4 is 4.90 Å². The first-order chi connectivity index (χ1) is 14.3. The summed E-state index contributed by atoms with van der Waals surface area (Å²) >= 11 is 0. The van der Waals surface area contributed by atoms with Crippen LogP contribution in [0, 0.1) is 0 Å². The fourth-order valence-corrected chi connectivity index (χ4v) is 4.94. The van der Waals surface area contributed by atoms with Gasteiger partial charge in [-0.05, 0) is 28.8 Å². The van der Waals surface area contributed by atoms with Crippen LogP contribution in [0.2, 0.25) is 0 Å². The highest BCUT2D eigenvalue weighted by Gasteiger charge is 2.56. The molecule has 0 fully saturated rings. The number of nitrogens with zero attached hydrogens (tertiary/aromatic N) is 1. The molecule has 0 aliphatic carbocycles. The minimum atomic E-state index is -0.809. The molecule has 0 saturated heterocycles. The van der Waals surface area contributed by atoms with Gasteiger partial charge in [-0.25, -0.2) is 0 Å². The predicted molar refractivity (Wildman–Crippen MR) is 115 cm³/mol. The number of fused-ring (bicyclic) bond motifs is 3. The van der Waals surface area contributed by atoms with Gasteiger partial charge in [0.05, 0.1) is 6.04 Å². The highest BCUT2D eigenvalue weighted by atomic mass is 16.1. The SMILES string of the molecule is O=CC[C@@H]1C(c2ccccc2)=CC[C@@]2(c3ccccc3)C(=O)c3ccccc3N12. The van der Waals surface area contributed by atoms with Gasteiger partial charge in [0.1, 0.15) is 11.8 Å². The van der Waals surface area contributed by atoms with Gasteiger partial charge in [0, 0.05) is 24.1 Å². The number of rotatable bonds is 4. The molecule has 0 spiro atoms. The van der Waals surface area contributed by atoms with Crippen LogP contribution in [0.1, 0.15) is 34.3 Å². The van der Waals surface area contributed by atoms with Gasteiger partial charge in [0.25, 0.3) is 0 Å². The van der Waals surface area contributed by atoms with Crippen molar-refractivity contribution < 1.29 is 9.59 Å². The summed E-state index contributed by atoms with van der Waals surface area (Å²) < 4.78 is 0. The zero-order chi connectivity index (χ0) is 19.8. The molecule has 142 valence electrons. The van der Waals surface area contributed by atoms with E-state index in [2.05, 4.69) is 23.1 Å². The van der Waals surface area contributed by atoms with Crippen LogP contribution in [0.4, 0.5) is 5.69 Å². The number of aldehydes is 1. The number of Topliss-reactive ketones (excluding diaryl/α,β-unsaturated/α-hetero) is 1. The number of carbonyl (C=O) groups is 2. The van der Waals surface area contributed by atoms with E-state index < -0.39 is 5.54 Å². The van der Waals surface area contributed by atoms with Crippen molar-refractivity contribution in [2.24, 2.45) is 0 Å². The largest absolute Gasteiger partial charge is 0.346 e. The Morgan fingerprint density at radius 2 is 1.55 bits per heavy atom. The molecule has 2 atom stereocenters. The third-order valence-corrected chi connectivity index (χ3v) is 6.16. The van der Waals surface area contributed by atoms with Crippen molar-refractivity contribution in [1.29, 1.82) is 0 Å². The van der Waals surface area contributed by atoms with Crippen LogP contribution in [-0.2, 0) is 10.3 Å². The van der Waals surface area contributed by atoms with Crippen LogP contribution in [-0.4, -0.2) is 18.1 Å². The van der Waals surface area contributed by atoms with E-state index in [4.69, 9.17) is 0 Å². The fourth-order valence-electron chi connectivity index (χ4n) is 4.94. The summed E-state index contributed by atoms with van der Waals surface area (Å²) in [6.45, 7) is 0. The molecule has 0 amide bonds. The summed E-state index contributed by atoms with van der Waals surface area (Å²) in [7, 11) is 0. The predicted octanol–water partition coefficient (Wildman–Crippen LogP) is 5.03. The minimum absolute atomic E-state index is 0.110. The molecular formula is C26H21NO2. The van der Waals surface area contributed by atoms with E-state index in [-0.39, 0.29) is 11.8 Å². The zero-order valence-electron chi connectivity index (χ0n) is 16.0. The zero-order valence-corrected chi connectivity index (χ0v) is 16.0. The lowest BCUT2D eigenvalue weighted by molar-refractivity contribution is -0.108. The van der Waals surface area contributed by atoms with Gasteiger partial charge in [0.15, 0.2) is 5.78 Å². The lowest BCUT2D eigenvalue weighted by atomic mass is 9.76. The molecule has 5 rings (SSSR count). The van der Waals surface area contributed by atoms with Gasteiger partial charge in [-0.1, -0.05) is 78.9 Å². The summed E-state index contributed by atoms with van der Waals surface area (Å²) in [5, 5.41) is 0. The monoisotopic (exact) mass is 379 g/mol. The van der Waals surface area contributed by atoms with Crippen molar-refractivity contribution in [2.75, 3.05) is 4.90 Å². The number of carbonyl (C=O) groups excluding carboxylic acids is 2. The Balaban J connectivity index is 1.77. The van der Waals surface area contributed by atoms with Gasteiger partial charge in [-0.15, -0.1) is 0 Å². The number of hydrogen-bond acceptors (Lipinski definition) is 3. The van der Waals surface area contributed by atoms with Crippen LogP contribution in [0.15, 0.2) is 91.0 Å². The maximum absolute atomic E-state index is 13.8. The van der Waals surface area contributed by atoms with Crippen molar-refractivity contribution in [3.63, 3.8) is 0 Å². The van der Waals surface area contributed by atoms with Crippen LogP contribution in [0.25, 0.3) is 5.57 Å². The van der Waals surface area contributed by atoms with Crippen molar-refractivity contribution in [3.05, 3.63) is 108 Å². The molecule has 0 saturated carbocycles. The Morgan fingerprint density at radius 1 is 0.897 bits per heavy atom. The number of anilines is 1. The van der Waals surface area contributed by atoms with Gasteiger partial charge < -0.3 is 9.69 Å². The number of ketones is 1. The summed E-state index contributed by atoms with van der Waals surface area (Å²) in [5.41, 5.74) is 4.01. The first-order valence-electron chi connectivity index (χ1n) is 9.95. The van der Waals surface area contributed by atoms with E-state index in [1.165, 1.54) is 0 Å². The van der Waals surface area contributed by atoms with E-state index >= 15 is 0 Å². The van der Waals surface area contributed by atoms with Crippen molar-refractivity contribution >= 4 is 23.3 Å². The molecule has 3 aromatic carbocycles. The number of benzene rings is 3. The minimum Gasteiger partial charge on any atom is -0.346 e. The van der Waals surface area contributed by atoms with E-state index in [1.807, 2.05) is 72.8 Å². The molecule has 0 unspecified atom stereocenters. The molecule has 0 radical (unpaired) electrons. The highest BCUT2D eigenvalue weighted by Crippen LogP contribution is 2.53. The molecule has 29 heavy (non-hydrogen) atoms. The summed E-state index contributed by atoms with van der Waals surface area (Å²) in [6, 6.07) is 27.7. The van der Waals surface area contributed by atoms with Crippen LogP contribution >= 0.6 is 0 Å². The highest BCUT2D eigenvalue weighted by molar-refractivity contribution is 6.15. The van der Waals surface area contributed by atoms with Crippen molar-refractivity contribution in [3.8, 4) is 0 Å². The second kappa shape index (κ2) is 6.85. The molecular weight excluding hydrogens is 358 g/mol. The van der Waals surface area contributed by atoms with Crippen molar-refractivity contribution in [2.45, 2.75) is 24.4 Å². The van der Waals surface area contributed by atoms with Gasteiger partial charge in [-0.2, -0.15) is 0 Å². The smallest absolute Gasteiger partial charge is 0.195 e. The third-order valence-electron chi connectivity index (χ3n) is 6.16. The maximum atomic E-state index is 13.8. The Hall–Kier alpha value is -3.46. The Morgan fingerprint density at radius 3 is 2.28 bits per heavy atom. The first-order valence-corrected chi connectivity index (χ1v) is 9.95. The Bertz CT molecular complexity index is 1100. The molecule has 2 heterocycles. The quantitative estimate of drug-likeness (QED) is 0.597. The molecule has 0 bridgehead atoms. The molecule has 0 aromatic heterocycles. The van der Waals surface area contributed by atoms with Gasteiger partial charge in [0.2, 0.25) is 0 Å². The molecule has 2 aliphatic rings. The van der Waals surface area contributed by atoms with Crippen LogP contribution in [0.3, 0.4) is 0 Å².